The molecular formula is C27H32N2O5. The van der Waals surface area contributed by atoms with Crippen LogP contribution in [0.5, 0.6) is 11.5 Å². The van der Waals surface area contributed by atoms with E-state index in [9.17, 15) is 14.7 Å². The lowest BCUT2D eigenvalue weighted by molar-refractivity contribution is -0.140. The van der Waals surface area contributed by atoms with Gasteiger partial charge in [0.2, 0.25) is 0 Å². The summed E-state index contributed by atoms with van der Waals surface area (Å²) in [7, 11) is 3.83. The van der Waals surface area contributed by atoms with E-state index >= 15 is 0 Å². The highest BCUT2D eigenvalue weighted by Crippen LogP contribution is 2.41. The predicted molar refractivity (Wildman–Crippen MR) is 130 cm³/mol. The zero-order valence-corrected chi connectivity index (χ0v) is 20.2. The maximum absolute atomic E-state index is 13.2. The number of Topliss-reactive ketones (excluding diaryl/α,β-unsaturated/α-hetero) is 1. The molecule has 2 aromatic carbocycles. The summed E-state index contributed by atoms with van der Waals surface area (Å²) in [5.41, 5.74) is 2.31. The average molecular weight is 465 g/mol. The fourth-order valence-corrected chi connectivity index (χ4v) is 4.48. The van der Waals surface area contributed by atoms with Crippen molar-refractivity contribution in [3.63, 3.8) is 0 Å². The van der Waals surface area contributed by atoms with Gasteiger partial charge in [0.15, 0.2) is 0 Å². The highest BCUT2D eigenvalue weighted by Gasteiger charge is 2.46. The summed E-state index contributed by atoms with van der Waals surface area (Å²) in [6.07, 6.45) is 1.66. The van der Waals surface area contributed by atoms with Crippen molar-refractivity contribution < 1.29 is 24.2 Å². The molecule has 0 radical (unpaired) electrons. The molecule has 2 aliphatic heterocycles. The Labute approximate surface area is 200 Å². The van der Waals surface area contributed by atoms with E-state index in [0.29, 0.717) is 31.0 Å². The summed E-state index contributed by atoms with van der Waals surface area (Å²) >= 11 is 0. The minimum Gasteiger partial charge on any atom is -0.507 e. The van der Waals surface area contributed by atoms with Crippen LogP contribution in [-0.2, 0) is 16.0 Å². The van der Waals surface area contributed by atoms with Crippen LogP contribution in [0.2, 0.25) is 0 Å². The summed E-state index contributed by atoms with van der Waals surface area (Å²) in [5, 5.41) is 11.3. The Balaban J connectivity index is 1.80. The van der Waals surface area contributed by atoms with Gasteiger partial charge in [0.25, 0.3) is 11.7 Å². The number of fused-ring (bicyclic) bond motifs is 1. The molecule has 2 aliphatic rings. The van der Waals surface area contributed by atoms with Crippen LogP contribution in [0.25, 0.3) is 5.76 Å². The van der Waals surface area contributed by atoms with E-state index in [0.717, 1.165) is 29.7 Å². The van der Waals surface area contributed by atoms with Gasteiger partial charge in [-0.1, -0.05) is 19.1 Å². The maximum atomic E-state index is 13.2. The lowest BCUT2D eigenvalue weighted by Gasteiger charge is -2.27. The number of ketones is 1. The number of carbonyl (C=O) groups excluding carboxylic acids is 2. The van der Waals surface area contributed by atoms with E-state index in [1.54, 1.807) is 11.0 Å². The molecule has 7 nitrogen and oxygen atoms in total. The molecule has 4 rings (SSSR count). The van der Waals surface area contributed by atoms with Crippen LogP contribution in [0.3, 0.4) is 0 Å². The average Bonchev–Trinajstić information content (AvgIpc) is 3.31. The molecule has 0 spiro atoms. The zero-order chi connectivity index (χ0) is 24.4. The number of hydrogen-bond donors (Lipinski definition) is 1. The van der Waals surface area contributed by atoms with E-state index < -0.39 is 17.7 Å². The van der Waals surface area contributed by atoms with Crippen LogP contribution < -0.4 is 9.47 Å². The number of nitrogens with zero attached hydrogens (tertiary/aromatic N) is 2. The maximum Gasteiger partial charge on any atom is 0.295 e. The topological polar surface area (TPSA) is 79.3 Å². The molecule has 1 fully saturated rings. The van der Waals surface area contributed by atoms with Gasteiger partial charge in [0, 0.05) is 25.1 Å². The molecule has 2 aromatic rings. The molecule has 0 aliphatic carbocycles. The Morgan fingerprint density at radius 1 is 1.21 bits per heavy atom. The first kappa shape index (κ1) is 23.8. The van der Waals surface area contributed by atoms with Gasteiger partial charge in [-0.05, 0) is 68.9 Å². The summed E-state index contributed by atoms with van der Waals surface area (Å²) in [4.78, 5) is 29.8. The van der Waals surface area contributed by atoms with Crippen LogP contribution in [0.4, 0.5) is 0 Å². The number of ether oxygens (including phenoxy) is 2. The minimum absolute atomic E-state index is 0.0647. The molecule has 2 heterocycles. The summed E-state index contributed by atoms with van der Waals surface area (Å²) < 4.78 is 11.6. The highest BCUT2D eigenvalue weighted by atomic mass is 16.5. The van der Waals surface area contributed by atoms with Crippen molar-refractivity contribution in [1.82, 2.24) is 9.80 Å². The highest BCUT2D eigenvalue weighted by molar-refractivity contribution is 6.46. The van der Waals surface area contributed by atoms with Gasteiger partial charge in [0.1, 0.15) is 23.4 Å². The lowest BCUT2D eigenvalue weighted by Crippen LogP contribution is -2.35. The molecule has 0 aromatic heterocycles. The van der Waals surface area contributed by atoms with Crippen LogP contribution in [0.15, 0.2) is 48.0 Å². The molecule has 1 N–H and O–H groups in total. The number of amides is 1. The Bertz CT molecular complexity index is 1120. The van der Waals surface area contributed by atoms with E-state index in [4.69, 9.17) is 9.47 Å². The van der Waals surface area contributed by atoms with Gasteiger partial charge in [0.05, 0.1) is 18.2 Å². The Morgan fingerprint density at radius 3 is 2.74 bits per heavy atom. The van der Waals surface area contributed by atoms with E-state index in [2.05, 4.69) is 0 Å². The summed E-state index contributed by atoms with van der Waals surface area (Å²) in [6.45, 7) is 5.53. The second kappa shape index (κ2) is 9.89. The lowest BCUT2D eigenvalue weighted by atomic mass is 9.94. The van der Waals surface area contributed by atoms with Crippen molar-refractivity contribution in [3.8, 4) is 11.5 Å². The second-order valence-corrected chi connectivity index (χ2v) is 9.17. The van der Waals surface area contributed by atoms with Gasteiger partial charge in [-0.25, -0.2) is 0 Å². The van der Waals surface area contributed by atoms with Crippen molar-refractivity contribution in [2.24, 2.45) is 0 Å². The summed E-state index contributed by atoms with van der Waals surface area (Å²) in [5.74, 6) is 0.00426. The van der Waals surface area contributed by atoms with Crippen LogP contribution in [0.1, 0.15) is 43.0 Å². The zero-order valence-electron chi connectivity index (χ0n) is 20.2. The van der Waals surface area contributed by atoms with Gasteiger partial charge in [-0.15, -0.1) is 0 Å². The first-order chi connectivity index (χ1) is 16.3. The molecule has 1 saturated heterocycles. The Hall–Kier alpha value is -3.32. The van der Waals surface area contributed by atoms with Crippen LogP contribution in [0, 0.1) is 0 Å². The van der Waals surface area contributed by atoms with Crippen molar-refractivity contribution in [3.05, 3.63) is 64.7 Å². The first-order valence-corrected chi connectivity index (χ1v) is 11.8. The fraction of sp³-hybridized carbons (Fsp3) is 0.407. The molecule has 34 heavy (non-hydrogen) atoms. The largest absolute Gasteiger partial charge is 0.507 e. The molecule has 0 unspecified atom stereocenters. The number of benzene rings is 2. The number of aliphatic hydroxyl groups is 1. The Kier molecular flexibility index (Phi) is 6.93. The van der Waals surface area contributed by atoms with Crippen molar-refractivity contribution in [1.29, 1.82) is 0 Å². The molecule has 180 valence electrons. The Morgan fingerprint density at radius 2 is 2.00 bits per heavy atom. The number of likely N-dealkylation sites (tertiary alicyclic amines) is 1. The van der Waals surface area contributed by atoms with Gasteiger partial charge < -0.3 is 24.4 Å². The first-order valence-electron chi connectivity index (χ1n) is 11.8. The quantitative estimate of drug-likeness (QED) is 0.364. The van der Waals surface area contributed by atoms with Gasteiger partial charge in [-0.3, -0.25) is 9.59 Å². The molecule has 0 saturated carbocycles. The molecule has 0 bridgehead atoms. The number of aliphatic hydroxyl groups excluding tert-OH is 1. The number of carbonyl (C=O) groups is 2. The van der Waals surface area contributed by atoms with Crippen LogP contribution >= 0.6 is 0 Å². The number of likely N-dealkylation sites (N-methyl/N-ethyl adjacent to an activating group) is 1. The predicted octanol–water partition coefficient (Wildman–Crippen LogP) is 3.78. The third-order valence-corrected chi connectivity index (χ3v) is 6.14. The second-order valence-electron chi connectivity index (χ2n) is 9.17. The van der Waals surface area contributed by atoms with Gasteiger partial charge >= 0.3 is 0 Å². The third kappa shape index (κ3) is 4.66. The molecule has 7 heteroatoms. The van der Waals surface area contributed by atoms with Crippen molar-refractivity contribution >= 4 is 17.4 Å². The minimum atomic E-state index is -0.700. The number of hydrogen-bond acceptors (Lipinski definition) is 6. The van der Waals surface area contributed by atoms with E-state index in [1.165, 1.54) is 0 Å². The van der Waals surface area contributed by atoms with E-state index in [-0.39, 0.29) is 17.4 Å². The monoisotopic (exact) mass is 464 g/mol. The normalized spacial score (nSPS) is 21.1. The smallest absolute Gasteiger partial charge is 0.295 e. The molecular weight excluding hydrogens is 432 g/mol. The van der Waals surface area contributed by atoms with Gasteiger partial charge in [-0.2, -0.15) is 0 Å². The SMILES string of the molecule is CCCOc1cccc([C@@H]2/C(=C(\O)c3ccc4c(c3)C[C@@H](C)O4)C(=O)C(=O)N2CCN(C)C)c1. The summed E-state index contributed by atoms with van der Waals surface area (Å²) in [6, 6.07) is 12.1. The molecule has 2 atom stereocenters. The fourth-order valence-electron chi connectivity index (χ4n) is 4.48. The van der Waals surface area contributed by atoms with Crippen molar-refractivity contribution in [2.75, 3.05) is 33.8 Å². The molecule has 1 amide bonds. The third-order valence-electron chi connectivity index (χ3n) is 6.14. The standard InChI is InChI=1S/C27H32N2O5/c1-5-13-33-21-8-6-7-18(16-21)24-23(26(31)27(32)29(24)12-11-28(3)4)25(30)19-9-10-22-20(15-19)14-17(2)34-22/h6-10,15-17,24,30H,5,11-14H2,1-4H3/b25-23+/t17-,24-/m1/s1. The van der Waals surface area contributed by atoms with Crippen molar-refractivity contribution in [2.45, 2.75) is 38.8 Å². The van der Waals surface area contributed by atoms with Crippen LogP contribution in [-0.4, -0.2) is 66.5 Å². The van der Waals surface area contributed by atoms with E-state index in [1.807, 2.05) is 69.2 Å². The number of rotatable bonds is 8.